The molecule has 2 atom stereocenters. The zero-order valence-electron chi connectivity index (χ0n) is 10.6. The molecular formula is C13H27N. The molecule has 0 radical (unpaired) electrons. The first-order chi connectivity index (χ1) is 6.39. The summed E-state index contributed by atoms with van der Waals surface area (Å²) >= 11 is 0. The monoisotopic (exact) mass is 197 g/mol. The molecule has 1 fully saturated rings. The van der Waals surface area contributed by atoms with Gasteiger partial charge in [-0.3, -0.25) is 0 Å². The van der Waals surface area contributed by atoms with Gasteiger partial charge in [0.2, 0.25) is 0 Å². The molecule has 0 aliphatic heterocycles. The molecule has 0 aromatic carbocycles. The van der Waals surface area contributed by atoms with E-state index < -0.39 is 0 Å². The van der Waals surface area contributed by atoms with Gasteiger partial charge in [-0.1, -0.05) is 27.7 Å². The molecule has 0 aromatic heterocycles. The Balaban J connectivity index is 2.25. The summed E-state index contributed by atoms with van der Waals surface area (Å²) < 4.78 is 0. The molecule has 0 amide bonds. The molecule has 1 heteroatoms. The SMILES string of the molecule is CC(C)CC(C)NC1CCC(C)(C)C1. The van der Waals surface area contributed by atoms with Gasteiger partial charge in [0.15, 0.2) is 0 Å². The van der Waals surface area contributed by atoms with E-state index in [1.165, 1.54) is 25.7 Å². The van der Waals surface area contributed by atoms with Crippen LogP contribution in [0, 0.1) is 11.3 Å². The Bertz CT molecular complexity index is 172. The molecule has 0 aromatic rings. The molecule has 84 valence electrons. The molecule has 1 saturated carbocycles. The van der Waals surface area contributed by atoms with Crippen molar-refractivity contribution in [1.29, 1.82) is 0 Å². The first-order valence-electron chi connectivity index (χ1n) is 6.15. The van der Waals surface area contributed by atoms with Crippen molar-refractivity contribution in [2.24, 2.45) is 11.3 Å². The van der Waals surface area contributed by atoms with Gasteiger partial charge in [-0.15, -0.1) is 0 Å². The molecule has 1 rings (SSSR count). The van der Waals surface area contributed by atoms with Gasteiger partial charge in [-0.25, -0.2) is 0 Å². The minimum absolute atomic E-state index is 0.579. The van der Waals surface area contributed by atoms with Crippen LogP contribution in [0.5, 0.6) is 0 Å². The molecule has 1 aliphatic carbocycles. The van der Waals surface area contributed by atoms with Gasteiger partial charge < -0.3 is 5.32 Å². The van der Waals surface area contributed by atoms with E-state index in [1.54, 1.807) is 0 Å². The molecule has 14 heavy (non-hydrogen) atoms. The second-order valence-electron chi connectivity index (χ2n) is 6.30. The molecule has 2 unspecified atom stereocenters. The predicted molar refractivity (Wildman–Crippen MR) is 63.5 cm³/mol. The highest BCUT2D eigenvalue weighted by Gasteiger charge is 2.31. The maximum Gasteiger partial charge on any atom is 0.00748 e. The van der Waals surface area contributed by atoms with Gasteiger partial charge in [0.1, 0.15) is 0 Å². The van der Waals surface area contributed by atoms with E-state index in [2.05, 4.69) is 39.9 Å². The number of hydrogen-bond donors (Lipinski definition) is 1. The molecular weight excluding hydrogens is 170 g/mol. The van der Waals surface area contributed by atoms with Crippen LogP contribution in [0.3, 0.4) is 0 Å². The van der Waals surface area contributed by atoms with Gasteiger partial charge in [0.05, 0.1) is 0 Å². The van der Waals surface area contributed by atoms with Crippen molar-refractivity contribution in [3.05, 3.63) is 0 Å². The maximum atomic E-state index is 3.77. The number of rotatable bonds is 4. The minimum atomic E-state index is 0.579. The fourth-order valence-electron chi connectivity index (χ4n) is 2.76. The lowest BCUT2D eigenvalue weighted by Gasteiger charge is -2.22. The smallest absolute Gasteiger partial charge is 0.00748 e. The lowest BCUT2D eigenvalue weighted by Crippen LogP contribution is -2.36. The van der Waals surface area contributed by atoms with Crippen LogP contribution in [0.1, 0.15) is 60.3 Å². The fourth-order valence-corrected chi connectivity index (χ4v) is 2.76. The van der Waals surface area contributed by atoms with Crippen molar-refractivity contribution in [2.45, 2.75) is 72.4 Å². The van der Waals surface area contributed by atoms with Crippen molar-refractivity contribution < 1.29 is 0 Å². The molecule has 0 saturated heterocycles. The molecule has 1 N–H and O–H groups in total. The van der Waals surface area contributed by atoms with Crippen molar-refractivity contribution in [2.75, 3.05) is 0 Å². The summed E-state index contributed by atoms with van der Waals surface area (Å²) in [5.74, 6) is 0.812. The first-order valence-corrected chi connectivity index (χ1v) is 6.15. The molecule has 1 nitrogen and oxygen atoms in total. The van der Waals surface area contributed by atoms with Crippen molar-refractivity contribution in [3.8, 4) is 0 Å². The zero-order chi connectivity index (χ0) is 10.8. The average molecular weight is 197 g/mol. The Morgan fingerprint density at radius 2 is 1.93 bits per heavy atom. The summed E-state index contributed by atoms with van der Waals surface area (Å²) in [6.07, 6.45) is 5.42. The number of nitrogens with one attached hydrogen (secondary N) is 1. The van der Waals surface area contributed by atoms with Crippen LogP contribution in [0.15, 0.2) is 0 Å². The van der Waals surface area contributed by atoms with E-state index in [-0.39, 0.29) is 0 Å². The normalized spacial score (nSPS) is 28.3. The Kier molecular flexibility index (Phi) is 4.00. The zero-order valence-corrected chi connectivity index (χ0v) is 10.6. The van der Waals surface area contributed by atoms with Gasteiger partial charge in [0, 0.05) is 12.1 Å². The summed E-state index contributed by atoms with van der Waals surface area (Å²) in [7, 11) is 0. The summed E-state index contributed by atoms with van der Waals surface area (Å²) in [6.45, 7) is 11.7. The summed E-state index contributed by atoms with van der Waals surface area (Å²) in [5.41, 5.74) is 0.579. The lowest BCUT2D eigenvalue weighted by atomic mass is 9.91. The third-order valence-corrected chi connectivity index (χ3v) is 3.31. The molecule has 1 aliphatic rings. The van der Waals surface area contributed by atoms with E-state index in [9.17, 15) is 0 Å². The van der Waals surface area contributed by atoms with Crippen molar-refractivity contribution in [1.82, 2.24) is 5.32 Å². The molecule has 0 heterocycles. The predicted octanol–water partition coefficient (Wildman–Crippen LogP) is 3.59. The van der Waals surface area contributed by atoms with E-state index >= 15 is 0 Å². The van der Waals surface area contributed by atoms with Crippen LogP contribution >= 0.6 is 0 Å². The topological polar surface area (TPSA) is 12.0 Å². The Hall–Kier alpha value is -0.0400. The van der Waals surface area contributed by atoms with E-state index in [0.29, 0.717) is 11.5 Å². The minimum Gasteiger partial charge on any atom is -0.311 e. The summed E-state index contributed by atoms with van der Waals surface area (Å²) in [6, 6.07) is 1.47. The third-order valence-electron chi connectivity index (χ3n) is 3.31. The average Bonchev–Trinajstić information content (AvgIpc) is 2.27. The molecule has 0 spiro atoms. The first kappa shape index (κ1) is 12.0. The second kappa shape index (κ2) is 4.65. The Labute approximate surface area is 89.7 Å². The standard InChI is InChI=1S/C13H27N/c1-10(2)8-11(3)14-12-6-7-13(4,5)9-12/h10-12,14H,6-9H2,1-5H3. The van der Waals surface area contributed by atoms with E-state index in [4.69, 9.17) is 0 Å². The van der Waals surface area contributed by atoms with Crippen LogP contribution in [-0.2, 0) is 0 Å². The highest BCUT2D eigenvalue weighted by molar-refractivity contribution is 4.87. The van der Waals surface area contributed by atoms with Crippen LogP contribution in [0.2, 0.25) is 0 Å². The Morgan fingerprint density at radius 3 is 2.36 bits per heavy atom. The largest absolute Gasteiger partial charge is 0.311 e. The summed E-state index contributed by atoms with van der Waals surface area (Å²) in [5, 5.41) is 3.77. The number of hydrogen-bond acceptors (Lipinski definition) is 1. The third kappa shape index (κ3) is 4.00. The van der Waals surface area contributed by atoms with E-state index in [0.717, 1.165) is 12.0 Å². The summed E-state index contributed by atoms with van der Waals surface area (Å²) in [4.78, 5) is 0. The van der Waals surface area contributed by atoms with Gasteiger partial charge in [-0.2, -0.15) is 0 Å². The highest BCUT2D eigenvalue weighted by Crippen LogP contribution is 2.37. The van der Waals surface area contributed by atoms with Gasteiger partial charge in [-0.05, 0) is 43.9 Å². The van der Waals surface area contributed by atoms with Crippen molar-refractivity contribution in [3.63, 3.8) is 0 Å². The quantitative estimate of drug-likeness (QED) is 0.726. The van der Waals surface area contributed by atoms with Gasteiger partial charge in [0.25, 0.3) is 0 Å². The highest BCUT2D eigenvalue weighted by atomic mass is 15.0. The van der Waals surface area contributed by atoms with Crippen LogP contribution in [0.25, 0.3) is 0 Å². The van der Waals surface area contributed by atoms with E-state index in [1.807, 2.05) is 0 Å². The lowest BCUT2D eigenvalue weighted by molar-refractivity contribution is 0.342. The van der Waals surface area contributed by atoms with Crippen molar-refractivity contribution >= 4 is 0 Å². The second-order valence-corrected chi connectivity index (χ2v) is 6.30. The Morgan fingerprint density at radius 1 is 1.29 bits per heavy atom. The van der Waals surface area contributed by atoms with Crippen LogP contribution in [-0.4, -0.2) is 12.1 Å². The fraction of sp³-hybridized carbons (Fsp3) is 1.00. The van der Waals surface area contributed by atoms with Crippen LogP contribution < -0.4 is 5.32 Å². The maximum absolute atomic E-state index is 3.77. The van der Waals surface area contributed by atoms with Gasteiger partial charge >= 0.3 is 0 Å². The van der Waals surface area contributed by atoms with Crippen LogP contribution in [0.4, 0.5) is 0 Å². The molecule has 0 bridgehead atoms.